The molecule has 2 heterocycles. The van der Waals surface area contributed by atoms with Crippen molar-refractivity contribution in [1.82, 2.24) is 20.4 Å². The molecule has 0 bridgehead atoms. The number of likely N-dealkylation sites (N-methyl/N-ethyl adjacent to an activating group) is 1. The summed E-state index contributed by atoms with van der Waals surface area (Å²) in [6, 6.07) is 8.52. The summed E-state index contributed by atoms with van der Waals surface area (Å²) in [5.74, 6) is 0.459. The highest BCUT2D eigenvalue weighted by atomic mass is 16.2. The fourth-order valence-electron chi connectivity index (χ4n) is 3.47. The van der Waals surface area contributed by atoms with Crippen LogP contribution in [0.1, 0.15) is 43.9 Å². The number of aromatic amines is 1. The number of hydrogen-bond donors (Lipinski definition) is 2. The highest BCUT2D eigenvalue weighted by molar-refractivity contribution is 5.85. The number of hydrogen-bond acceptors (Lipinski definition) is 3. The summed E-state index contributed by atoms with van der Waals surface area (Å²) in [5, 5.41) is 10.6. The second-order valence-corrected chi connectivity index (χ2v) is 7.53. The maximum atomic E-state index is 12.8. The molecule has 1 aliphatic heterocycles. The zero-order valence-electron chi connectivity index (χ0n) is 15.6. The molecule has 134 valence electrons. The molecule has 0 aliphatic carbocycles. The Morgan fingerprint density at radius 2 is 2.04 bits per heavy atom. The van der Waals surface area contributed by atoms with E-state index in [2.05, 4.69) is 46.7 Å². The molecule has 1 aromatic carbocycles. The maximum Gasteiger partial charge on any atom is 0.242 e. The first kappa shape index (κ1) is 17.7. The van der Waals surface area contributed by atoms with Crippen LogP contribution >= 0.6 is 0 Å². The number of amides is 1. The van der Waals surface area contributed by atoms with Crippen LogP contribution in [-0.2, 0) is 4.79 Å². The lowest BCUT2D eigenvalue weighted by atomic mass is 9.89. The molecular formula is C20H28N4O. The van der Waals surface area contributed by atoms with E-state index in [0.29, 0.717) is 5.92 Å². The third-order valence-corrected chi connectivity index (χ3v) is 5.31. The van der Waals surface area contributed by atoms with E-state index >= 15 is 0 Å². The van der Waals surface area contributed by atoms with E-state index in [1.165, 1.54) is 11.1 Å². The third kappa shape index (κ3) is 3.61. The summed E-state index contributed by atoms with van der Waals surface area (Å²) in [6.07, 6.45) is 3.99. The summed E-state index contributed by atoms with van der Waals surface area (Å²) < 4.78 is 0. The lowest BCUT2D eigenvalue weighted by molar-refractivity contribution is -0.138. The van der Waals surface area contributed by atoms with Gasteiger partial charge in [0.25, 0.3) is 0 Å². The number of likely N-dealkylation sites (tertiary alicyclic amines) is 1. The van der Waals surface area contributed by atoms with Crippen LogP contribution in [0, 0.1) is 6.92 Å². The number of H-pyrrole nitrogens is 1. The molecule has 1 fully saturated rings. The smallest absolute Gasteiger partial charge is 0.242 e. The van der Waals surface area contributed by atoms with Crippen LogP contribution in [0.25, 0.3) is 11.1 Å². The largest absolute Gasteiger partial charge is 0.340 e. The Morgan fingerprint density at radius 3 is 2.72 bits per heavy atom. The highest BCUT2D eigenvalue weighted by Crippen LogP contribution is 2.33. The van der Waals surface area contributed by atoms with E-state index in [0.717, 1.165) is 37.2 Å². The van der Waals surface area contributed by atoms with E-state index < -0.39 is 5.54 Å². The third-order valence-electron chi connectivity index (χ3n) is 5.31. The first-order valence-electron chi connectivity index (χ1n) is 9.01. The van der Waals surface area contributed by atoms with Crippen molar-refractivity contribution in [2.45, 2.75) is 45.1 Å². The minimum Gasteiger partial charge on any atom is -0.340 e. The van der Waals surface area contributed by atoms with Gasteiger partial charge in [-0.1, -0.05) is 29.8 Å². The summed E-state index contributed by atoms with van der Waals surface area (Å²) in [7, 11) is 1.84. The normalized spacial score (nSPS) is 18.4. The number of rotatable bonds is 4. The Bertz CT molecular complexity index is 732. The lowest BCUT2D eigenvalue weighted by Gasteiger charge is -2.37. The average Bonchev–Trinajstić information content (AvgIpc) is 3.11. The molecule has 2 aromatic rings. The van der Waals surface area contributed by atoms with Gasteiger partial charge in [0.05, 0.1) is 11.7 Å². The van der Waals surface area contributed by atoms with Crippen LogP contribution in [0.4, 0.5) is 0 Å². The Labute approximate surface area is 149 Å². The molecule has 1 saturated heterocycles. The predicted molar refractivity (Wildman–Crippen MR) is 100 cm³/mol. The fourth-order valence-corrected chi connectivity index (χ4v) is 3.47. The van der Waals surface area contributed by atoms with Gasteiger partial charge in [-0.2, -0.15) is 5.10 Å². The Balaban J connectivity index is 1.82. The van der Waals surface area contributed by atoms with Crippen molar-refractivity contribution in [2.75, 3.05) is 20.1 Å². The van der Waals surface area contributed by atoms with E-state index in [4.69, 9.17) is 0 Å². The van der Waals surface area contributed by atoms with E-state index in [9.17, 15) is 4.79 Å². The molecule has 0 saturated carbocycles. The second kappa shape index (κ2) is 7.00. The Morgan fingerprint density at radius 1 is 1.32 bits per heavy atom. The van der Waals surface area contributed by atoms with Crippen LogP contribution in [-0.4, -0.2) is 46.7 Å². The molecule has 1 amide bonds. The SMILES string of the molecule is CNC(C)(C)C(=O)N1CCC[C@@H](c2[nH]ncc2-c2ccc(C)cc2)C1. The number of carbonyl (C=O) groups is 1. The Kier molecular flexibility index (Phi) is 4.95. The fraction of sp³-hybridized carbons (Fsp3) is 0.500. The highest BCUT2D eigenvalue weighted by Gasteiger charge is 2.34. The summed E-state index contributed by atoms with van der Waals surface area (Å²) in [5.41, 5.74) is 4.18. The van der Waals surface area contributed by atoms with Gasteiger partial charge in [-0.25, -0.2) is 0 Å². The number of piperidine rings is 1. The summed E-state index contributed by atoms with van der Waals surface area (Å²) in [6.45, 7) is 7.54. The van der Waals surface area contributed by atoms with Gasteiger partial charge in [0.1, 0.15) is 0 Å². The van der Waals surface area contributed by atoms with E-state index in [1.54, 1.807) is 0 Å². The van der Waals surface area contributed by atoms with Gasteiger partial charge in [-0.15, -0.1) is 0 Å². The monoisotopic (exact) mass is 340 g/mol. The summed E-state index contributed by atoms with van der Waals surface area (Å²) >= 11 is 0. The van der Waals surface area contributed by atoms with Crippen molar-refractivity contribution in [3.05, 3.63) is 41.7 Å². The van der Waals surface area contributed by atoms with Gasteiger partial charge >= 0.3 is 0 Å². The van der Waals surface area contributed by atoms with Gasteiger partial charge in [0.15, 0.2) is 0 Å². The van der Waals surface area contributed by atoms with Crippen LogP contribution < -0.4 is 5.32 Å². The molecule has 1 aliphatic rings. The maximum absolute atomic E-state index is 12.8. The van der Waals surface area contributed by atoms with Gasteiger partial charge in [-0.3, -0.25) is 9.89 Å². The number of nitrogens with one attached hydrogen (secondary N) is 2. The van der Waals surface area contributed by atoms with Crippen molar-refractivity contribution in [3.63, 3.8) is 0 Å². The minimum atomic E-state index is -0.532. The standard InChI is InChI=1S/C20H28N4O/c1-14-7-9-15(10-8-14)17-12-22-23-18(17)16-6-5-11-24(13-16)19(25)20(2,3)21-4/h7-10,12,16,21H,5-6,11,13H2,1-4H3,(H,22,23)/t16-/m1/s1. The van der Waals surface area contributed by atoms with Gasteiger partial charge < -0.3 is 10.2 Å². The van der Waals surface area contributed by atoms with Crippen molar-refractivity contribution in [2.24, 2.45) is 0 Å². The molecule has 25 heavy (non-hydrogen) atoms. The quantitative estimate of drug-likeness (QED) is 0.899. The zero-order valence-corrected chi connectivity index (χ0v) is 15.6. The molecule has 5 heteroatoms. The van der Waals surface area contributed by atoms with Gasteiger partial charge in [0.2, 0.25) is 5.91 Å². The van der Waals surface area contributed by atoms with Crippen LogP contribution in [0.2, 0.25) is 0 Å². The summed E-state index contributed by atoms with van der Waals surface area (Å²) in [4.78, 5) is 14.8. The van der Waals surface area contributed by atoms with Crippen LogP contribution in [0.3, 0.4) is 0 Å². The minimum absolute atomic E-state index is 0.163. The molecule has 3 rings (SSSR count). The molecule has 1 aromatic heterocycles. The molecule has 0 spiro atoms. The number of carbonyl (C=O) groups excluding carboxylic acids is 1. The first-order chi connectivity index (χ1) is 11.9. The molecule has 0 radical (unpaired) electrons. The van der Waals surface area contributed by atoms with Crippen LogP contribution in [0.5, 0.6) is 0 Å². The van der Waals surface area contributed by atoms with E-state index in [1.807, 2.05) is 32.0 Å². The first-order valence-corrected chi connectivity index (χ1v) is 9.01. The number of aromatic nitrogens is 2. The Hall–Kier alpha value is -2.14. The number of benzene rings is 1. The van der Waals surface area contributed by atoms with E-state index in [-0.39, 0.29) is 5.91 Å². The van der Waals surface area contributed by atoms with Crippen molar-refractivity contribution < 1.29 is 4.79 Å². The number of aryl methyl sites for hydroxylation is 1. The zero-order chi connectivity index (χ0) is 18.0. The predicted octanol–water partition coefficient (Wildman–Crippen LogP) is 3.09. The molecule has 0 unspecified atom stereocenters. The molecule has 5 nitrogen and oxygen atoms in total. The molecule has 2 N–H and O–H groups in total. The van der Waals surface area contributed by atoms with Crippen molar-refractivity contribution in [3.8, 4) is 11.1 Å². The molecule has 1 atom stereocenters. The topological polar surface area (TPSA) is 61.0 Å². The lowest BCUT2D eigenvalue weighted by Crippen LogP contribution is -2.54. The van der Waals surface area contributed by atoms with Crippen molar-refractivity contribution in [1.29, 1.82) is 0 Å². The van der Waals surface area contributed by atoms with Gasteiger partial charge in [0, 0.05) is 30.3 Å². The average molecular weight is 340 g/mol. The number of nitrogens with zero attached hydrogens (tertiary/aromatic N) is 2. The van der Waals surface area contributed by atoms with Crippen LogP contribution in [0.15, 0.2) is 30.5 Å². The second-order valence-electron chi connectivity index (χ2n) is 7.53. The van der Waals surface area contributed by atoms with Crippen molar-refractivity contribution >= 4 is 5.91 Å². The van der Waals surface area contributed by atoms with Gasteiger partial charge in [-0.05, 0) is 46.2 Å². The molecular weight excluding hydrogens is 312 g/mol.